The fourth-order valence-electron chi connectivity index (χ4n) is 1.83. The summed E-state index contributed by atoms with van der Waals surface area (Å²) in [6, 6.07) is 6.50. The number of carbonyl (C=O) groups excluding carboxylic acids is 3. The number of nitrogens with one attached hydrogen (secondary N) is 1. The number of methoxy groups -OCH3 is 1. The average Bonchev–Trinajstić information content (AvgIpc) is 2.64. The first-order valence-corrected chi connectivity index (χ1v) is 7.89. The Balaban J connectivity index is 2.52. The second kappa shape index (κ2) is 9.42. The predicted octanol–water partition coefficient (Wildman–Crippen LogP) is 1.48. The molecule has 1 N–H and O–H groups in total. The van der Waals surface area contributed by atoms with Crippen molar-refractivity contribution in [1.82, 2.24) is 5.32 Å². The Bertz CT molecular complexity index is 710. The van der Waals surface area contributed by atoms with Gasteiger partial charge in [-0.2, -0.15) is 5.26 Å². The maximum Gasteiger partial charge on any atom is 0.344 e. The molecule has 1 aromatic carbocycles. The van der Waals surface area contributed by atoms with Crippen molar-refractivity contribution >= 4 is 18.2 Å². The van der Waals surface area contributed by atoms with Crippen molar-refractivity contribution in [2.24, 2.45) is 5.92 Å². The van der Waals surface area contributed by atoms with Crippen LogP contribution in [0.2, 0.25) is 0 Å². The van der Waals surface area contributed by atoms with E-state index in [1.165, 1.54) is 25.3 Å². The topological polar surface area (TPSA) is 115 Å². The van der Waals surface area contributed by atoms with Crippen molar-refractivity contribution in [2.45, 2.75) is 26.3 Å². The number of carbonyl (C=O) groups is 3. The molecule has 140 valence electrons. The Hall–Kier alpha value is -3.08. The number of aldehydes is 1. The summed E-state index contributed by atoms with van der Waals surface area (Å²) in [6.07, 6.45) is 0.658. The van der Waals surface area contributed by atoms with Crippen LogP contribution in [0.25, 0.3) is 0 Å². The van der Waals surface area contributed by atoms with E-state index in [0.717, 1.165) is 0 Å². The van der Waals surface area contributed by atoms with Crippen LogP contribution in [0.15, 0.2) is 18.2 Å². The summed E-state index contributed by atoms with van der Waals surface area (Å²) in [5.41, 5.74) is -0.646. The number of nitrogens with zero attached hydrogens (tertiary/aromatic N) is 1. The van der Waals surface area contributed by atoms with Gasteiger partial charge in [0.15, 0.2) is 24.7 Å². The van der Waals surface area contributed by atoms with Gasteiger partial charge >= 0.3 is 5.97 Å². The number of hydrogen-bond acceptors (Lipinski definition) is 7. The van der Waals surface area contributed by atoms with E-state index in [1.807, 2.05) is 6.07 Å². The normalized spacial score (nSPS) is 12.5. The van der Waals surface area contributed by atoms with Gasteiger partial charge in [0.1, 0.15) is 11.8 Å². The summed E-state index contributed by atoms with van der Waals surface area (Å²) in [7, 11) is 1.40. The molecule has 0 unspecified atom stereocenters. The summed E-state index contributed by atoms with van der Waals surface area (Å²) < 4.78 is 15.2. The summed E-state index contributed by atoms with van der Waals surface area (Å²) in [6.45, 7) is 4.23. The molecule has 0 aliphatic carbocycles. The van der Waals surface area contributed by atoms with Gasteiger partial charge in [-0.3, -0.25) is 9.59 Å². The minimum Gasteiger partial charge on any atom is -0.493 e. The van der Waals surface area contributed by atoms with Crippen molar-refractivity contribution in [3.05, 3.63) is 23.8 Å². The molecule has 1 rings (SSSR count). The second-order valence-corrected chi connectivity index (χ2v) is 5.99. The molecule has 8 heteroatoms. The zero-order chi connectivity index (χ0) is 19.7. The van der Waals surface area contributed by atoms with Crippen molar-refractivity contribution in [3.63, 3.8) is 0 Å². The number of hydrogen-bond donors (Lipinski definition) is 1. The Morgan fingerprint density at radius 1 is 1.31 bits per heavy atom. The van der Waals surface area contributed by atoms with E-state index < -0.39 is 30.6 Å². The molecule has 0 heterocycles. The van der Waals surface area contributed by atoms with E-state index in [9.17, 15) is 14.4 Å². The third-order valence-corrected chi connectivity index (χ3v) is 3.82. The first kappa shape index (κ1) is 21.0. The molecular weight excluding hydrogens is 340 g/mol. The van der Waals surface area contributed by atoms with Crippen LogP contribution in [-0.4, -0.2) is 44.0 Å². The Morgan fingerprint density at radius 3 is 2.54 bits per heavy atom. The van der Waals surface area contributed by atoms with Gasteiger partial charge in [-0.05, 0) is 31.0 Å². The molecule has 0 saturated carbocycles. The molecule has 0 fully saturated rings. The lowest BCUT2D eigenvalue weighted by Crippen LogP contribution is -2.50. The highest BCUT2D eigenvalue weighted by atomic mass is 16.6. The van der Waals surface area contributed by atoms with Gasteiger partial charge in [0.2, 0.25) is 0 Å². The molecular formula is C18H22N2O6. The molecule has 0 bridgehead atoms. The highest BCUT2D eigenvalue weighted by Crippen LogP contribution is 2.27. The predicted molar refractivity (Wildman–Crippen MR) is 91.8 cm³/mol. The molecule has 0 radical (unpaired) electrons. The third kappa shape index (κ3) is 5.77. The molecule has 26 heavy (non-hydrogen) atoms. The van der Waals surface area contributed by atoms with Crippen LogP contribution in [0.4, 0.5) is 0 Å². The fraction of sp³-hybridized carbons (Fsp3) is 0.444. The number of esters is 1. The first-order chi connectivity index (χ1) is 12.3. The van der Waals surface area contributed by atoms with Crippen LogP contribution in [-0.2, 0) is 14.3 Å². The molecule has 1 atom stereocenters. The Labute approximate surface area is 152 Å². The zero-order valence-electron chi connectivity index (χ0n) is 15.2. The lowest BCUT2D eigenvalue weighted by Gasteiger charge is -2.27. The molecule has 0 spiro atoms. The van der Waals surface area contributed by atoms with Gasteiger partial charge in [0.05, 0.1) is 13.2 Å². The second-order valence-electron chi connectivity index (χ2n) is 5.99. The third-order valence-electron chi connectivity index (χ3n) is 3.82. The van der Waals surface area contributed by atoms with Gasteiger partial charge < -0.3 is 19.5 Å². The van der Waals surface area contributed by atoms with Crippen LogP contribution in [0.5, 0.6) is 11.5 Å². The number of amides is 1. The van der Waals surface area contributed by atoms with Gasteiger partial charge in [-0.1, -0.05) is 13.8 Å². The van der Waals surface area contributed by atoms with Gasteiger partial charge in [0.25, 0.3) is 5.91 Å². The molecule has 0 saturated heterocycles. The largest absolute Gasteiger partial charge is 0.493 e. The molecule has 0 aliphatic rings. The van der Waals surface area contributed by atoms with Crippen LogP contribution in [0.3, 0.4) is 0 Å². The first-order valence-electron chi connectivity index (χ1n) is 7.89. The van der Waals surface area contributed by atoms with Crippen molar-refractivity contribution < 1.29 is 28.6 Å². The molecule has 0 aromatic heterocycles. The molecule has 1 aromatic rings. The van der Waals surface area contributed by atoms with Crippen molar-refractivity contribution in [1.29, 1.82) is 5.26 Å². The molecule has 8 nitrogen and oxygen atoms in total. The maximum atomic E-state index is 11.8. The van der Waals surface area contributed by atoms with E-state index in [4.69, 9.17) is 19.5 Å². The minimum absolute atomic E-state index is 0.114. The van der Waals surface area contributed by atoms with Crippen LogP contribution < -0.4 is 14.8 Å². The van der Waals surface area contributed by atoms with Crippen molar-refractivity contribution in [3.8, 4) is 17.6 Å². The van der Waals surface area contributed by atoms with E-state index in [-0.39, 0.29) is 11.7 Å². The molecule has 0 aliphatic heterocycles. The van der Waals surface area contributed by atoms with E-state index in [0.29, 0.717) is 17.6 Å². The summed E-state index contributed by atoms with van der Waals surface area (Å²) in [4.78, 5) is 34.3. The highest BCUT2D eigenvalue weighted by molar-refractivity contribution is 5.82. The Kier molecular flexibility index (Phi) is 7.59. The number of nitriles is 1. The van der Waals surface area contributed by atoms with Gasteiger partial charge in [-0.25, -0.2) is 4.79 Å². The SMILES string of the molecule is COc1cc(C=O)ccc1OCC(=O)OCC(=O)N[C@@](C)(C#N)C(C)C. The van der Waals surface area contributed by atoms with Crippen molar-refractivity contribution in [2.75, 3.05) is 20.3 Å². The van der Waals surface area contributed by atoms with E-state index in [2.05, 4.69) is 5.32 Å². The summed E-state index contributed by atoms with van der Waals surface area (Å²) in [5, 5.41) is 11.7. The number of rotatable bonds is 9. The highest BCUT2D eigenvalue weighted by Gasteiger charge is 2.30. The average molecular weight is 362 g/mol. The number of benzene rings is 1. The maximum absolute atomic E-state index is 11.8. The van der Waals surface area contributed by atoms with Gasteiger partial charge in [0, 0.05) is 5.56 Å². The quantitative estimate of drug-likeness (QED) is 0.523. The van der Waals surface area contributed by atoms with Crippen LogP contribution in [0.1, 0.15) is 31.1 Å². The van der Waals surface area contributed by atoms with Crippen LogP contribution in [0, 0.1) is 17.2 Å². The minimum atomic E-state index is -1.05. The summed E-state index contributed by atoms with van der Waals surface area (Å²) in [5.74, 6) is -0.899. The Morgan fingerprint density at radius 2 is 2.00 bits per heavy atom. The lowest BCUT2D eigenvalue weighted by molar-refractivity contribution is -0.150. The standard InChI is InChI=1S/C18H22N2O6/c1-12(2)18(3,11-19)20-16(22)9-26-17(23)10-25-14-6-5-13(8-21)7-15(14)24-4/h5-8,12H,9-10H2,1-4H3,(H,20,22)/t18-/m0/s1. The smallest absolute Gasteiger partial charge is 0.344 e. The van der Waals surface area contributed by atoms with E-state index >= 15 is 0 Å². The monoisotopic (exact) mass is 362 g/mol. The molecule has 1 amide bonds. The lowest BCUT2D eigenvalue weighted by atomic mass is 9.90. The fourth-order valence-corrected chi connectivity index (χ4v) is 1.83. The van der Waals surface area contributed by atoms with E-state index in [1.54, 1.807) is 20.8 Å². The number of ether oxygens (including phenoxy) is 3. The summed E-state index contributed by atoms with van der Waals surface area (Å²) >= 11 is 0. The van der Waals surface area contributed by atoms with Gasteiger partial charge in [-0.15, -0.1) is 0 Å². The zero-order valence-corrected chi connectivity index (χ0v) is 15.2. The van der Waals surface area contributed by atoms with Crippen LogP contribution >= 0.6 is 0 Å².